The average Bonchev–Trinajstić information content (AvgIpc) is 2.36. The summed E-state index contributed by atoms with van der Waals surface area (Å²) >= 11 is 0. The first-order valence-corrected chi connectivity index (χ1v) is 7.84. The lowest BCUT2D eigenvalue weighted by Crippen LogP contribution is -2.40. The standard InChI is InChI=1S/C17H32N4/c1-8-21(14(2)13-20(6)7)16-9-10-18-15(11-16)12-19-17(3,4)5/h9-11,14,19H,8,12-13H2,1-7H3. The van der Waals surface area contributed by atoms with Crippen LogP contribution in [0.25, 0.3) is 0 Å². The van der Waals surface area contributed by atoms with Crippen LogP contribution in [0.5, 0.6) is 0 Å². The molecule has 0 fully saturated rings. The van der Waals surface area contributed by atoms with Gasteiger partial charge in [0.05, 0.1) is 5.69 Å². The summed E-state index contributed by atoms with van der Waals surface area (Å²) in [5, 5.41) is 3.49. The van der Waals surface area contributed by atoms with Crippen LogP contribution >= 0.6 is 0 Å². The van der Waals surface area contributed by atoms with Crippen LogP contribution in [0.4, 0.5) is 5.69 Å². The number of likely N-dealkylation sites (N-methyl/N-ethyl adjacent to an activating group) is 2. The fourth-order valence-electron chi connectivity index (χ4n) is 2.47. The van der Waals surface area contributed by atoms with Gasteiger partial charge in [0.1, 0.15) is 0 Å². The van der Waals surface area contributed by atoms with Gasteiger partial charge in [-0.15, -0.1) is 0 Å². The molecular weight excluding hydrogens is 260 g/mol. The van der Waals surface area contributed by atoms with Gasteiger partial charge >= 0.3 is 0 Å². The number of aromatic nitrogens is 1. The summed E-state index contributed by atoms with van der Waals surface area (Å²) in [6.45, 7) is 13.9. The normalized spacial score (nSPS) is 13.5. The summed E-state index contributed by atoms with van der Waals surface area (Å²) in [5.41, 5.74) is 2.46. The van der Waals surface area contributed by atoms with E-state index < -0.39 is 0 Å². The van der Waals surface area contributed by atoms with Crippen LogP contribution in [-0.2, 0) is 6.54 Å². The molecule has 21 heavy (non-hydrogen) atoms. The lowest BCUT2D eigenvalue weighted by atomic mass is 10.1. The van der Waals surface area contributed by atoms with Gasteiger partial charge in [-0.3, -0.25) is 4.98 Å². The molecule has 0 saturated carbocycles. The predicted octanol–water partition coefficient (Wildman–Crippen LogP) is 2.75. The van der Waals surface area contributed by atoms with Crippen molar-refractivity contribution >= 4 is 5.69 Å². The summed E-state index contributed by atoms with van der Waals surface area (Å²) < 4.78 is 0. The predicted molar refractivity (Wildman–Crippen MR) is 91.9 cm³/mol. The third kappa shape index (κ3) is 6.44. The van der Waals surface area contributed by atoms with Crippen LogP contribution in [0.15, 0.2) is 18.3 Å². The van der Waals surface area contributed by atoms with Crippen LogP contribution < -0.4 is 10.2 Å². The number of hydrogen-bond donors (Lipinski definition) is 1. The third-order valence-corrected chi connectivity index (χ3v) is 3.43. The topological polar surface area (TPSA) is 31.4 Å². The molecule has 0 aliphatic heterocycles. The number of nitrogens with zero attached hydrogens (tertiary/aromatic N) is 3. The van der Waals surface area contributed by atoms with E-state index in [4.69, 9.17) is 0 Å². The van der Waals surface area contributed by atoms with Crippen LogP contribution in [0.1, 0.15) is 40.3 Å². The molecule has 4 nitrogen and oxygen atoms in total. The van der Waals surface area contributed by atoms with Crippen molar-refractivity contribution in [2.24, 2.45) is 0 Å². The number of pyridine rings is 1. The first kappa shape index (κ1) is 17.9. The van der Waals surface area contributed by atoms with E-state index in [1.807, 2.05) is 6.20 Å². The molecule has 0 spiro atoms. The third-order valence-electron chi connectivity index (χ3n) is 3.43. The van der Waals surface area contributed by atoms with Crippen molar-refractivity contribution in [2.75, 3.05) is 32.1 Å². The zero-order valence-electron chi connectivity index (χ0n) is 14.8. The van der Waals surface area contributed by atoms with E-state index in [-0.39, 0.29) is 5.54 Å². The van der Waals surface area contributed by atoms with Gasteiger partial charge in [-0.25, -0.2) is 0 Å². The van der Waals surface area contributed by atoms with Gasteiger partial charge in [0.15, 0.2) is 0 Å². The Hall–Kier alpha value is -1.13. The van der Waals surface area contributed by atoms with E-state index in [1.165, 1.54) is 5.69 Å². The molecule has 1 unspecified atom stereocenters. The van der Waals surface area contributed by atoms with E-state index in [0.29, 0.717) is 6.04 Å². The molecule has 1 rings (SSSR count). The molecule has 120 valence electrons. The highest BCUT2D eigenvalue weighted by Gasteiger charge is 2.15. The fraction of sp³-hybridized carbons (Fsp3) is 0.706. The molecule has 0 amide bonds. The summed E-state index contributed by atoms with van der Waals surface area (Å²) in [4.78, 5) is 9.15. The van der Waals surface area contributed by atoms with Gasteiger partial charge in [-0.2, -0.15) is 0 Å². The molecule has 0 radical (unpaired) electrons. The maximum Gasteiger partial charge on any atom is 0.0562 e. The van der Waals surface area contributed by atoms with Gasteiger partial charge in [0.2, 0.25) is 0 Å². The lowest BCUT2D eigenvalue weighted by Gasteiger charge is -2.32. The summed E-state index contributed by atoms with van der Waals surface area (Å²) in [5.74, 6) is 0. The largest absolute Gasteiger partial charge is 0.368 e. The van der Waals surface area contributed by atoms with Crippen molar-refractivity contribution in [1.82, 2.24) is 15.2 Å². The van der Waals surface area contributed by atoms with E-state index in [0.717, 1.165) is 25.3 Å². The minimum Gasteiger partial charge on any atom is -0.368 e. The highest BCUT2D eigenvalue weighted by atomic mass is 15.2. The Labute approximate surface area is 130 Å². The van der Waals surface area contributed by atoms with E-state index >= 15 is 0 Å². The van der Waals surface area contributed by atoms with Gasteiger partial charge in [-0.1, -0.05) is 0 Å². The maximum absolute atomic E-state index is 4.48. The quantitative estimate of drug-likeness (QED) is 0.837. The zero-order valence-corrected chi connectivity index (χ0v) is 14.8. The van der Waals surface area contributed by atoms with Crippen molar-refractivity contribution in [3.8, 4) is 0 Å². The van der Waals surface area contributed by atoms with Crippen LogP contribution in [0.2, 0.25) is 0 Å². The lowest BCUT2D eigenvalue weighted by molar-refractivity contribution is 0.373. The van der Waals surface area contributed by atoms with Crippen molar-refractivity contribution < 1.29 is 0 Å². The summed E-state index contributed by atoms with van der Waals surface area (Å²) in [7, 11) is 4.24. The van der Waals surface area contributed by atoms with Crippen molar-refractivity contribution in [1.29, 1.82) is 0 Å². The molecule has 0 saturated heterocycles. The smallest absolute Gasteiger partial charge is 0.0562 e. The fourth-order valence-corrected chi connectivity index (χ4v) is 2.47. The first-order chi connectivity index (χ1) is 9.73. The Morgan fingerprint density at radius 3 is 2.48 bits per heavy atom. The minimum absolute atomic E-state index is 0.111. The molecular formula is C17H32N4. The van der Waals surface area contributed by atoms with Crippen molar-refractivity contribution in [2.45, 2.75) is 52.7 Å². The second-order valence-corrected chi connectivity index (χ2v) is 7.01. The average molecular weight is 292 g/mol. The highest BCUT2D eigenvalue weighted by molar-refractivity contribution is 5.47. The SMILES string of the molecule is CCN(c1ccnc(CNC(C)(C)C)c1)C(C)CN(C)C. The molecule has 1 aromatic heterocycles. The molecule has 0 aromatic carbocycles. The summed E-state index contributed by atoms with van der Waals surface area (Å²) in [6, 6.07) is 4.79. The molecule has 0 bridgehead atoms. The monoisotopic (exact) mass is 292 g/mol. The molecule has 1 atom stereocenters. The van der Waals surface area contributed by atoms with Crippen LogP contribution in [0.3, 0.4) is 0 Å². The molecule has 1 heterocycles. The first-order valence-electron chi connectivity index (χ1n) is 7.84. The Balaban J connectivity index is 2.81. The number of hydrogen-bond acceptors (Lipinski definition) is 4. The minimum atomic E-state index is 0.111. The van der Waals surface area contributed by atoms with Gasteiger partial charge in [-0.05, 0) is 60.8 Å². The molecule has 1 aromatic rings. The van der Waals surface area contributed by atoms with E-state index in [2.05, 4.69) is 80.9 Å². The molecule has 4 heteroatoms. The second kappa shape index (κ2) is 7.76. The van der Waals surface area contributed by atoms with Gasteiger partial charge in [0, 0.05) is 43.1 Å². The maximum atomic E-state index is 4.48. The number of nitrogens with one attached hydrogen (secondary N) is 1. The van der Waals surface area contributed by atoms with Gasteiger partial charge < -0.3 is 15.1 Å². The van der Waals surface area contributed by atoms with E-state index in [9.17, 15) is 0 Å². The molecule has 0 aliphatic carbocycles. The number of anilines is 1. The zero-order chi connectivity index (χ0) is 16.0. The van der Waals surface area contributed by atoms with E-state index in [1.54, 1.807) is 0 Å². The second-order valence-electron chi connectivity index (χ2n) is 7.01. The van der Waals surface area contributed by atoms with Gasteiger partial charge in [0.25, 0.3) is 0 Å². The molecule has 0 aliphatic rings. The number of rotatable bonds is 7. The summed E-state index contributed by atoms with van der Waals surface area (Å²) in [6.07, 6.45) is 1.92. The van der Waals surface area contributed by atoms with Crippen molar-refractivity contribution in [3.05, 3.63) is 24.0 Å². The Morgan fingerprint density at radius 1 is 1.29 bits per heavy atom. The van der Waals surface area contributed by atoms with Crippen LogP contribution in [-0.4, -0.2) is 48.6 Å². The Bertz CT molecular complexity index is 423. The van der Waals surface area contributed by atoms with Crippen molar-refractivity contribution in [3.63, 3.8) is 0 Å². The Morgan fingerprint density at radius 2 is 1.95 bits per heavy atom. The highest BCUT2D eigenvalue weighted by Crippen LogP contribution is 2.18. The molecule has 1 N–H and O–H groups in total. The van der Waals surface area contributed by atoms with Crippen LogP contribution in [0, 0.1) is 0 Å². The Kier molecular flexibility index (Phi) is 6.62.